The average molecular weight is 621 g/mol. The molecule has 0 aliphatic carbocycles. The Morgan fingerprint density at radius 1 is 0.955 bits per heavy atom. The van der Waals surface area contributed by atoms with Crippen LogP contribution in [0.1, 0.15) is 20.8 Å². The van der Waals surface area contributed by atoms with Crippen molar-refractivity contribution in [3.05, 3.63) is 118 Å². The van der Waals surface area contributed by atoms with Crippen LogP contribution in [0.4, 0.5) is 4.39 Å². The summed E-state index contributed by atoms with van der Waals surface area (Å²) in [5.41, 5.74) is 6.01. The average Bonchev–Trinajstić information content (AvgIpc) is 3.66. The zero-order valence-corrected chi connectivity index (χ0v) is 25.6. The van der Waals surface area contributed by atoms with E-state index in [-0.39, 0.29) is 5.75 Å². The summed E-state index contributed by atoms with van der Waals surface area (Å²) >= 11 is -0.504. The maximum atomic E-state index is 15.1. The Bertz CT molecular complexity index is 2060. The number of methoxy groups -OCH3 is 2. The molecule has 0 bridgehead atoms. The minimum Gasteiger partial charge on any atom is -0.587 e. The quantitative estimate of drug-likeness (QED) is 0.132. The van der Waals surface area contributed by atoms with Gasteiger partial charge in [0.05, 0.1) is 19.8 Å². The highest BCUT2D eigenvalue weighted by Crippen LogP contribution is 2.48. The molecule has 4 aromatic carbocycles. The first-order chi connectivity index (χ1) is 21.3. The van der Waals surface area contributed by atoms with Gasteiger partial charge in [-0.05, 0) is 65.9 Å². The highest BCUT2D eigenvalue weighted by molar-refractivity contribution is 7.90. The Hall–Kier alpha value is -4.88. The highest BCUT2D eigenvalue weighted by Gasteiger charge is 2.32. The van der Waals surface area contributed by atoms with E-state index in [1.54, 1.807) is 28.2 Å². The molecule has 0 fully saturated rings. The first-order valence-corrected chi connectivity index (χ1v) is 15.5. The lowest BCUT2D eigenvalue weighted by atomic mass is 9.96. The monoisotopic (exact) mass is 620 g/mol. The summed E-state index contributed by atoms with van der Waals surface area (Å²) in [4.78, 5) is 13.0. The van der Waals surface area contributed by atoms with Gasteiger partial charge in [0.15, 0.2) is 10.6 Å². The maximum absolute atomic E-state index is 15.1. The lowest BCUT2D eigenvalue weighted by Gasteiger charge is -2.17. The molecule has 44 heavy (non-hydrogen) atoms. The number of aromatic nitrogens is 1. The van der Waals surface area contributed by atoms with Crippen molar-refractivity contribution in [1.29, 1.82) is 5.26 Å². The number of fused-ring (bicyclic) bond motifs is 1. The number of nitrogens with zero attached hydrogens (tertiary/aromatic N) is 2. The molecule has 6 nitrogen and oxygen atoms in total. The molecule has 0 radical (unpaired) electrons. The predicted octanol–water partition coefficient (Wildman–Crippen LogP) is 8.39. The van der Waals surface area contributed by atoms with E-state index in [1.165, 1.54) is 37.7 Å². The van der Waals surface area contributed by atoms with Gasteiger partial charge in [-0.15, -0.1) is 11.3 Å². The van der Waals surface area contributed by atoms with Crippen molar-refractivity contribution >= 4 is 39.6 Å². The Balaban J connectivity index is 1.68. The topological polar surface area (TPSA) is 87.3 Å². The van der Waals surface area contributed by atoms with Crippen LogP contribution in [0.25, 0.3) is 44.4 Å². The number of carbonyl (C=O) groups is 1. The Morgan fingerprint density at radius 3 is 2.36 bits per heavy atom. The van der Waals surface area contributed by atoms with Gasteiger partial charge in [-0.25, -0.2) is 9.18 Å². The lowest BCUT2D eigenvalue weighted by molar-refractivity contribution is 0.0600. The molecule has 6 rings (SSSR count). The van der Waals surface area contributed by atoms with Gasteiger partial charge in [-0.1, -0.05) is 48.0 Å². The Morgan fingerprint density at radius 2 is 1.68 bits per heavy atom. The van der Waals surface area contributed by atoms with E-state index in [0.29, 0.717) is 48.6 Å². The number of esters is 1. The fraction of sp³-hybridized carbons (Fsp3) is 0.0857. The number of aryl methyl sites for hydroxylation is 1. The van der Waals surface area contributed by atoms with Crippen LogP contribution in [-0.2, 0) is 16.1 Å². The second-order valence-electron chi connectivity index (χ2n) is 10.0. The summed E-state index contributed by atoms with van der Waals surface area (Å²) in [6.07, 6.45) is 0. The standard InChI is InChI=1S/C35H25FN2O4S2/c1-21-7-13-27(14-8-21)44(40)38-33(25-6-4-5-24(17-25)22-9-11-23(12-10-22)35(39)42-3)32(28-15-16-43-31(28)20-37)29-18-26(36)19-30(41-2)34(29)38/h4-19H,1-3H3. The fourth-order valence-corrected chi connectivity index (χ4v) is 7.27. The van der Waals surface area contributed by atoms with Crippen LogP contribution in [0, 0.1) is 24.1 Å². The van der Waals surface area contributed by atoms with Crippen LogP contribution < -0.4 is 4.74 Å². The summed E-state index contributed by atoms with van der Waals surface area (Å²) in [6.45, 7) is 1.95. The zero-order chi connectivity index (χ0) is 31.0. The second kappa shape index (κ2) is 12.0. The van der Waals surface area contributed by atoms with Crippen molar-refractivity contribution in [2.24, 2.45) is 0 Å². The minimum absolute atomic E-state index is 0.219. The van der Waals surface area contributed by atoms with Crippen LogP contribution in [0.5, 0.6) is 5.75 Å². The van der Waals surface area contributed by atoms with Crippen LogP contribution in [0.15, 0.2) is 101 Å². The SMILES string of the molecule is COC(=O)c1ccc(-c2cccc(-c3c(-c4ccsc4C#N)c4cc(F)cc(OC)c4n3[S+]([O-])c3ccc(C)cc3)c2)cc1. The molecule has 0 N–H and O–H groups in total. The van der Waals surface area contributed by atoms with Gasteiger partial charge in [-0.2, -0.15) is 9.23 Å². The van der Waals surface area contributed by atoms with Gasteiger partial charge in [0, 0.05) is 28.1 Å². The van der Waals surface area contributed by atoms with Crippen molar-refractivity contribution in [1.82, 2.24) is 3.97 Å². The molecule has 2 aromatic heterocycles. The molecule has 218 valence electrons. The summed E-state index contributed by atoms with van der Waals surface area (Å²) in [5, 5.41) is 12.3. The molecule has 6 aromatic rings. The number of thiophene rings is 1. The molecule has 2 heterocycles. The largest absolute Gasteiger partial charge is 0.587 e. The summed E-state index contributed by atoms with van der Waals surface area (Å²) in [7, 11) is 2.78. The summed E-state index contributed by atoms with van der Waals surface area (Å²) in [6, 6.07) is 28.9. The number of hydrogen-bond donors (Lipinski definition) is 0. The van der Waals surface area contributed by atoms with Crippen LogP contribution in [0.2, 0.25) is 0 Å². The predicted molar refractivity (Wildman–Crippen MR) is 172 cm³/mol. The first kappa shape index (κ1) is 29.2. The third kappa shape index (κ3) is 5.13. The molecule has 1 unspecified atom stereocenters. The molecular weight excluding hydrogens is 596 g/mol. The molecule has 0 aliphatic rings. The summed E-state index contributed by atoms with van der Waals surface area (Å²) < 4.78 is 41.9. The third-order valence-electron chi connectivity index (χ3n) is 7.37. The van der Waals surface area contributed by atoms with Gasteiger partial charge in [0.1, 0.15) is 39.3 Å². The minimum atomic E-state index is -1.79. The van der Waals surface area contributed by atoms with E-state index in [9.17, 15) is 14.6 Å². The van der Waals surface area contributed by atoms with E-state index in [0.717, 1.165) is 16.7 Å². The Labute approximate surface area is 260 Å². The fourth-order valence-electron chi connectivity index (χ4n) is 5.29. The number of rotatable bonds is 7. The van der Waals surface area contributed by atoms with Crippen LogP contribution in [-0.4, -0.2) is 28.7 Å². The van der Waals surface area contributed by atoms with Crippen molar-refractivity contribution in [2.75, 3.05) is 14.2 Å². The zero-order valence-electron chi connectivity index (χ0n) is 24.0. The van der Waals surface area contributed by atoms with Gasteiger partial charge in [-0.3, -0.25) is 0 Å². The number of ether oxygens (including phenoxy) is 2. The number of halogens is 1. The van der Waals surface area contributed by atoms with Crippen LogP contribution >= 0.6 is 11.3 Å². The van der Waals surface area contributed by atoms with E-state index in [1.807, 2.05) is 66.9 Å². The van der Waals surface area contributed by atoms with E-state index in [2.05, 4.69) is 6.07 Å². The van der Waals surface area contributed by atoms with Crippen molar-refractivity contribution in [3.8, 4) is 45.3 Å². The van der Waals surface area contributed by atoms with Gasteiger partial charge in [0.2, 0.25) is 0 Å². The second-order valence-corrected chi connectivity index (χ2v) is 12.3. The van der Waals surface area contributed by atoms with Crippen LogP contribution in [0.3, 0.4) is 0 Å². The van der Waals surface area contributed by atoms with Crippen molar-refractivity contribution < 1.29 is 23.2 Å². The van der Waals surface area contributed by atoms with Gasteiger partial charge < -0.3 is 14.0 Å². The number of hydrogen-bond acceptors (Lipinski definition) is 6. The number of carbonyl (C=O) groups excluding carboxylic acids is 1. The molecular formula is C35H25FN2O4S2. The summed E-state index contributed by atoms with van der Waals surface area (Å²) in [5.74, 6) is -0.729. The highest BCUT2D eigenvalue weighted by atomic mass is 32.2. The van der Waals surface area contributed by atoms with E-state index >= 15 is 4.39 Å². The molecule has 0 saturated carbocycles. The third-order valence-corrected chi connectivity index (χ3v) is 9.56. The number of benzene rings is 4. The molecule has 0 amide bonds. The molecule has 0 saturated heterocycles. The molecule has 0 spiro atoms. The smallest absolute Gasteiger partial charge is 0.337 e. The number of nitriles is 1. The van der Waals surface area contributed by atoms with Crippen molar-refractivity contribution in [2.45, 2.75) is 11.8 Å². The first-order valence-electron chi connectivity index (χ1n) is 13.5. The van der Waals surface area contributed by atoms with Crippen molar-refractivity contribution in [3.63, 3.8) is 0 Å². The van der Waals surface area contributed by atoms with E-state index in [4.69, 9.17) is 9.47 Å². The van der Waals surface area contributed by atoms with E-state index < -0.39 is 23.1 Å². The molecule has 9 heteroatoms. The maximum Gasteiger partial charge on any atom is 0.337 e. The normalized spacial score (nSPS) is 11.7. The Kier molecular flexibility index (Phi) is 7.97. The molecule has 0 aliphatic heterocycles. The van der Waals surface area contributed by atoms with Gasteiger partial charge in [0.25, 0.3) is 0 Å². The van der Waals surface area contributed by atoms with Gasteiger partial charge >= 0.3 is 5.97 Å². The lowest BCUT2D eigenvalue weighted by Crippen LogP contribution is -2.15. The molecule has 1 atom stereocenters.